The highest BCUT2D eigenvalue weighted by Gasteiger charge is 2.19. The van der Waals surface area contributed by atoms with E-state index in [0.29, 0.717) is 6.04 Å². The van der Waals surface area contributed by atoms with Crippen LogP contribution in [0.5, 0.6) is 0 Å². The summed E-state index contributed by atoms with van der Waals surface area (Å²) in [4.78, 5) is 19.0. The third-order valence-electron chi connectivity index (χ3n) is 4.60. The van der Waals surface area contributed by atoms with Gasteiger partial charge in [0.1, 0.15) is 0 Å². The van der Waals surface area contributed by atoms with E-state index in [9.17, 15) is 0 Å². The number of piperidine rings is 1. The first-order chi connectivity index (χ1) is 11.9. The lowest BCUT2D eigenvalue weighted by molar-refractivity contribution is 0.220. The second-order valence-corrected chi connectivity index (χ2v) is 6.29. The van der Waals surface area contributed by atoms with Crippen molar-refractivity contribution in [1.29, 1.82) is 0 Å². The average molecular weight is 432 g/mol. The fourth-order valence-electron chi connectivity index (χ4n) is 3.23. The number of rotatable bonds is 5. The Morgan fingerprint density at radius 1 is 1.00 bits per heavy atom. The number of likely N-dealkylation sites (tertiary alicyclic amines) is 1. The van der Waals surface area contributed by atoms with Gasteiger partial charge < -0.3 is 15.2 Å². The van der Waals surface area contributed by atoms with Gasteiger partial charge in [-0.2, -0.15) is 4.98 Å². The number of aromatic amines is 1. The molecule has 9 heteroatoms. The second kappa shape index (κ2) is 11.3. The predicted octanol–water partition coefficient (Wildman–Crippen LogP) is 3.74. The van der Waals surface area contributed by atoms with E-state index in [1.54, 1.807) is 6.20 Å². The quantitative estimate of drug-likeness (QED) is 0.644. The number of anilines is 1. The van der Waals surface area contributed by atoms with Crippen molar-refractivity contribution in [3.05, 3.63) is 48.4 Å². The van der Waals surface area contributed by atoms with Gasteiger partial charge >= 0.3 is 0 Å². The maximum Gasteiger partial charge on any atom is 0.202 e. The molecule has 4 rings (SSSR count). The van der Waals surface area contributed by atoms with Gasteiger partial charge in [0.15, 0.2) is 5.65 Å². The topological polar surface area (TPSA) is 69.7 Å². The second-order valence-electron chi connectivity index (χ2n) is 6.29. The van der Waals surface area contributed by atoms with Gasteiger partial charge in [-0.1, -0.05) is 6.07 Å². The summed E-state index contributed by atoms with van der Waals surface area (Å²) < 4.78 is 0. The molecule has 4 heterocycles. The predicted molar refractivity (Wildman–Crippen MR) is 117 cm³/mol. The van der Waals surface area contributed by atoms with Crippen LogP contribution < -0.4 is 5.32 Å². The Bertz CT molecular complexity index is 757. The summed E-state index contributed by atoms with van der Waals surface area (Å²) in [6.07, 6.45) is 6.92. The molecule has 3 aromatic heterocycles. The van der Waals surface area contributed by atoms with E-state index in [1.807, 2.05) is 24.4 Å². The van der Waals surface area contributed by atoms with Crippen molar-refractivity contribution in [2.24, 2.45) is 0 Å². The molecule has 2 N–H and O–H groups in total. The average Bonchev–Trinajstić information content (AvgIpc) is 3.04. The Labute approximate surface area is 177 Å². The van der Waals surface area contributed by atoms with Gasteiger partial charge in [0, 0.05) is 50.2 Å². The molecule has 0 aromatic carbocycles. The van der Waals surface area contributed by atoms with Crippen LogP contribution in [-0.2, 0) is 6.42 Å². The van der Waals surface area contributed by atoms with E-state index in [4.69, 9.17) is 0 Å². The molecule has 0 aliphatic carbocycles. The zero-order valence-electron chi connectivity index (χ0n) is 14.9. The number of halogens is 3. The van der Waals surface area contributed by atoms with Gasteiger partial charge in [-0.15, -0.1) is 37.2 Å². The van der Waals surface area contributed by atoms with Crippen molar-refractivity contribution >= 4 is 54.3 Å². The van der Waals surface area contributed by atoms with Crippen LogP contribution in [0.2, 0.25) is 0 Å². The highest BCUT2D eigenvalue weighted by Crippen LogP contribution is 2.17. The van der Waals surface area contributed by atoms with E-state index in [2.05, 4.69) is 42.3 Å². The summed E-state index contributed by atoms with van der Waals surface area (Å²) in [5.41, 5.74) is 2.92. The summed E-state index contributed by atoms with van der Waals surface area (Å²) in [5.74, 6) is 0.829. The lowest BCUT2D eigenvalue weighted by Crippen LogP contribution is -2.40. The van der Waals surface area contributed by atoms with E-state index in [-0.39, 0.29) is 37.2 Å². The first-order valence-electron chi connectivity index (χ1n) is 8.56. The monoisotopic (exact) mass is 430 g/mol. The standard InChI is InChI=1S/C18H22N6.3ClH/c1-2-9-19-14(4-1)6-11-24-12-7-15(8-13-24)21-18-22-16-5-3-10-20-17(16)23-18;;;/h1-5,9-10,15H,6-8,11-13H2,(H2,20,21,22,23);3*1H. The first-order valence-corrected chi connectivity index (χ1v) is 8.56. The molecule has 0 unspecified atom stereocenters. The molecule has 0 saturated carbocycles. The minimum Gasteiger partial charge on any atom is -0.353 e. The van der Waals surface area contributed by atoms with Crippen molar-refractivity contribution < 1.29 is 0 Å². The van der Waals surface area contributed by atoms with E-state index < -0.39 is 0 Å². The SMILES string of the molecule is Cl.Cl.Cl.c1ccc(CCN2CCC(Nc3nc4ncccc4[nH]3)CC2)nc1. The van der Waals surface area contributed by atoms with Crippen molar-refractivity contribution in [1.82, 2.24) is 24.8 Å². The number of aromatic nitrogens is 4. The number of H-pyrrole nitrogens is 1. The Balaban J connectivity index is 0.00000121. The molecule has 6 nitrogen and oxygen atoms in total. The largest absolute Gasteiger partial charge is 0.353 e. The fourth-order valence-corrected chi connectivity index (χ4v) is 3.23. The minimum atomic E-state index is 0. The molecule has 1 aliphatic rings. The van der Waals surface area contributed by atoms with E-state index in [0.717, 1.165) is 56.0 Å². The number of hydrogen-bond donors (Lipinski definition) is 2. The van der Waals surface area contributed by atoms with Crippen molar-refractivity contribution in [3.8, 4) is 0 Å². The summed E-state index contributed by atoms with van der Waals surface area (Å²) in [6.45, 7) is 3.31. The fraction of sp³-hybridized carbons (Fsp3) is 0.389. The van der Waals surface area contributed by atoms with E-state index in [1.165, 1.54) is 5.69 Å². The van der Waals surface area contributed by atoms with Gasteiger partial charge in [0.2, 0.25) is 5.95 Å². The van der Waals surface area contributed by atoms with Crippen molar-refractivity contribution in [2.45, 2.75) is 25.3 Å². The molecular formula is C18H25Cl3N6. The maximum absolute atomic E-state index is 4.50. The molecule has 27 heavy (non-hydrogen) atoms. The third-order valence-corrected chi connectivity index (χ3v) is 4.60. The molecule has 3 aromatic rings. The van der Waals surface area contributed by atoms with Crippen LogP contribution in [0.3, 0.4) is 0 Å². The Morgan fingerprint density at radius 3 is 2.48 bits per heavy atom. The minimum absolute atomic E-state index is 0. The first kappa shape index (κ1) is 23.4. The molecular weight excluding hydrogens is 407 g/mol. The van der Waals surface area contributed by atoms with Crippen molar-refractivity contribution in [3.63, 3.8) is 0 Å². The Kier molecular flexibility index (Phi) is 9.80. The molecule has 0 radical (unpaired) electrons. The number of nitrogens with one attached hydrogen (secondary N) is 2. The summed E-state index contributed by atoms with van der Waals surface area (Å²) in [7, 11) is 0. The van der Waals surface area contributed by atoms with Gasteiger partial charge in [0.05, 0.1) is 5.52 Å². The smallest absolute Gasteiger partial charge is 0.202 e. The number of nitrogens with zero attached hydrogens (tertiary/aromatic N) is 4. The van der Waals surface area contributed by atoms with Gasteiger partial charge in [-0.25, -0.2) is 4.98 Å². The molecule has 1 aliphatic heterocycles. The molecule has 0 amide bonds. The summed E-state index contributed by atoms with van der Waals surface area (Å²) >= 11 is 0. The van der Waals surface area contributed by atoms with E-state index >= 15 is 0 Å². The van der Waals surface area contributed by atoms with Crippen LogP contribution in [0.1, 0.15) is 18.5 Å². The van der Waals surface area contributed by atoms with Crippen LogP contribution in [0.25, 0.3) is 11.2 Å². The third kappa shape index (κ3) is 6.21. The Morgan fingerprint density at radius 2 is 1.78 bits per heavy atom. The zero-order chi connectivity index (χ0) is 16.2. The normalized spacial score (nSPS) is 14.7. The van der Waals surface area contributed by atoms with Crippen LogP contribution in [0.15, 0.2) is 42.7 Å². The van der Waals surface area contributed by atoms with Gasteiger partial charge in [-0.3, -0.25) is 4.98 Å². The number of hydrogen-bond acceptors (Lipinski definition) is 5. The highest BCUT2D eigenvalue weighted by molar-refractivity contribution is 5.86. The number of fused-ring (bicyclic) bond motifs is 1. The number of imidazole rings is 1. The highest BCUT2D eigenvalue weighted by atomic mass is 35.5. The van der Waals surface area contributed by atoms with Gasteiger partial charge in [0.25, 0.3) is 0 Å². The molecule has 0 bridgehead atoms. The maximum atomic E-state index is 4.50. The number of pyridine rings is 2. The lowest BCUT2D eigenvalue weighted by Gasteiger charge is -2.32. The van der Waals surface area contributed by atoms with Gasteiger partial charge in [-0.05, 0) is 37.1 Å². The van der Waals surface area contributed by atoms with Crippen LogP contribution in [0.4, 0.5) is 5.95 Å². The molecule has 148 valence electrons. The lowest BCUT2D eigenvalue weighted by atomic mass is 10.0. The molecule has 0 spiro atoms. The molecule has 1 fully saturated rings. The van der Waals surface area contributed by atoms with Crippen LogP contribution in [0, 0.1) is 0 Å². The molecule has 1 saturated heterocycles. The van der Waals surface area contributed by atoms with Crippen LogP contribution >= 0.6 is 37.2 Å². The van der Waals surface area contributed by atoms with Crippen molar-refractivity contribution in [2.75, 3.05) is 25.0 Å². The summed E-state index contributed by atoms with van der Waals surface area (Å²) in [6, 6.07) is 10.5. The Hall–Kier alpha value is -1.60. The van der Waals surface area contributed by atoms with Crippen LogP contribution in [-0.4, -0.2) is 50.5 Å². The summed E-state index contributed by atoms with van der Waals surface area (Å²) in [5, 5.41) is 3.52. The molecule has 0 atom stereocenters. The zero-order valence-corrected chi connectivity index (χ0v) is 17.3.